The van der Waals surface area contributed by atoms with E-state index in [4.69, 9.17) is 11.5 Å². The minimum absolute atomic E-state index is 0.244. The van der Waals surface area contributed by atoms with Crippen LogP contribution in [0.4, 0.5) is 15.9 Å². The van der Waals surface area contributed by atoms with Crippen molar-refractivity contribution in [2.75, 3.05) is 11.5 Å². The van der Waals surface area contributed by atoms with Crippen molar-refractivity contribution >= 4 is 23.3 Å². The van der Waals surface area contributed by atoms with Crippen molar-refractivity contribution in [3.8, 4) is 0 Å². The van der Waals surface area contributed by atoms with Crippen molar-refractivity contribution in [3.63, 3.8) is 0 Å². The van der Waals surface area contributed by atoms with Crippen molar-refractivity contribution in [2.45, 2.75) is 10.9 Å². The lowest BCUT2D eigenvalue weighted by atomic mass is 10.2. The van der Waals surface area contributed by atoms with Gasteiger partial charge in [-0.15, -0.1) is 0 Å². The van der Waals surface area contributed by atoms with E-state index in [0.29, 0.717) is 16.6 Å². The Hall–Kier alpha value is -1.82. The summed E-state index contributed by atoms with van der Waals surface area (Å²) in [6, 6.07) is 6.30. The molecule has 0 saturated heterocycles. The maximum Gasteiger partial charge on any atom is 0.189 e. The number of anilines is 2. The van der Waals surface area contributed by atoms with Crippen molar-refractivity contribution < 1.29 is 4.39 Å². The van der Waals surface area contributed by atoms with Crippen molar-refractivity contribution in [1.82, 2.24) is 9.97 Å². The summed E-state index contributed by atoms with van der Waals surface area (Å²) in [7, 11) is 0. The van der Waals surface area contributed by atoms with Crippen LogP contribution >= 0.6 is 11.8 Å². The van der Waals surface area contributed by atoms with E-state index < -0.39 is 0 Å². The van der Waals surface area contributed by atoms with Crippen LogP contribution in [-0.2, 0) is 5.75 Å². The molecule has 0 atom stereocenters. The second kappa shape index (κ2) is 5.01. The molecule has 2 rings (SSSR count). The van der Waals surface area contributed by atoms with E-state index in [2.05, 4.69) is 9.97 Å². The highest BCUT2D eigenvalue weighted by Gasteiger charge is 2.02. The summed E-state index contributed by atoms with van der Waals surface area (Å²) < 4.78 is 12.7. The summed E-state index contributed by atoms with van der Waals surface area (Å²) in [5.41, 5.74) is 12.4. The van der Waals surface area contributed by atoms with E-state index in [1.54, 1.807) is 12.1 Å². The second-order valence-corrected chi connectivity index (χ2v) is 4.35. The number of benzene rings is 1. The number of nitrogen functional groups attached to an aromatic ring is 2. The Balaban J connectivity index is 2.02. The fourth-order valence-electron chi connectivity index (χ4n) is 1.19. The number of halogens is 1. The maximum absolute atomic E-state index is 12.7. The SMILES string of the molecule is Nc1cnc(SCc2ccc(F)cc2)nc1N. The van der Waals surface area contributed by atoms with Gasteiger partial charge >= 0.3 is 0 Å². The first-order valence-corrected chi connectivity index (χ1v) is 5.89. The zero-order chi connectivity index (χ0) is 12.3. The number of nitrogens with two attached hydrogens (primary N) is 2. The van der Waals surface area contributed by atoms with Crippen LogP contribution in [0.5, 0.6) is 0 Å². The molecule has 0 radical (unpaired) electrons. The zero-order valence-electron chi connectivity index (χ0n) is 8.93. The number of rotatable bonds is 3. The van der Waals surface area contributed by atoms with Crippen LogP contribution in [0.2, 0.25) is 0 Å². The monoisotopic (exact) mass is 250 g/mol. The Morgan fingerprint density at radius 1 is 1.18 bits per heavy atom. The predicted molar refractivity (Wildman–Crippen MR) is 66.8 cm³/mol. The predicted octanol–water partition coefficient (Wildman–Crippen LogP) is 2.07. The number of hydrogen-bond acceptors (Lipinski definition) is 5. The molecule has 2 aromatic rings. The van der Waals surface area contributed by atoms with Crippen molar-refractivity contribution in [3.05, 3.63) is 41.8 Å². The number of aromatic nitrogens is 2. The van der Waals surface area contributed by atoms with Crippen LogP contribution in [0, 0.1) is 5.82 Å². The Labute approximate surface area is 102 Å². The summed E-state index contributed by atoms with van der Waals surface area (Å²) in [6.45, 7) is 0. The molecular formula is C11H11FN4S. The average Bonchev–Trinajstić information content (AvgIpc) is 2.33. The first kappa shape index (κ1) is 11.7. The Bertz CT molecular complexity index is 515. The molecule has 0 spiro atoms. The van der Waals surface area contributed by atoms with Crippen LogP contribution < -0.4 is 11.5 Å². The van der Waals surface area contributed by atoms with E-state index in [9.17, 15) is 4.39 Å². The van der Waals surface area contributed by atoms with Crippen LogP contribution in [-0.4, -0.2) is 9.97 Å². The molecule has 0 unspecified atom stereocenters. The molecule has 6 heteroatoms. The highest BCUT2D eigenvalue weighted by molar-refractivity contribution is 7.98. The fraction of sp³-hybridized carbons (Fsp3) is 0.0909. The Morgan fingerprint density at radius 2 is 1.88 bits per heavy atom. The number of hydrogen-bond donors (Lipinski definition) is 2. The normalized spacial score (nSPS) is 10.4. The van der Waals surface area contributed by atoms with Gasteiger partial charge in [0, 0.05) is 5.75 Å². The molecule has 17 heavy (non-hydrogen) atoms. The maximum atomic E-state index is 12.7. The molecule has 0 fully saturated rings. The zero-order valence-corrected chi connectivity index (χ0v) is 9.75. The van der Waals surface area contributed by atoms with Gasteiger partial charge in [-0.05, 0) is 17.7 Å². The fourth-order valence-corrected chi connectivity index (χ4v) is 1.96. The molecule has 1 aromatic heterocycles. The third kappa shape index (κ3) is 3.07. The highest BCUT2D eigenvalue weighted by atomic mass is 32.2. The van der Waals surface area contributed by atoms with Crippen molar-refractivity contribution in [2.24, 2.45) is 0 Å². The van der Waals surface area contributed by atoms with E-state index in [0.717, 1.165) is 5.56 Å². The van der Waals surface area contributed by atoms with E-state index in [1.165, 1.54) is 30.1 Å². The largest absolute Gasteiger partial charge is 0.394 e. The van der Waals surface area contributed by atoms with Gasteiger partial charge in [0.2, 0.25) is 0 Å². The van der Waals surface area contributed by atoms with E-state index >= 15 is 0 Å². The third-order valence-corrected chi connectivity index (χ3v) is 3.04. The molecule has 0 aliphatic carbocycles. The van der Waals surface area contributed by atoms with Crippen molar-refractivity contribution in [1.29, 1.82) is 0 Å². The first-order chi connectivity index (χ1) is 8.15. The van der Waals surface area contributed by atoms with Gasteiger partial charge in [-0.1, -0.05) is 23.9 Å². The molecule has 0 saturated carbocycles. The second-order valence-electron chi connectivity index (χ2n) is 3.41. The Kier molecular flexibility index (Phi) is 3.43. The van der Waals surface area contributed by atoms with Gasteiger partial charge in [0.25, 0.3) is 0 Å². The molecule has 88 valence electrons. The molecule has 1 aromatic carbocycles. The molecule has 0 aliphatic rings. The van der Waals surface area contributed by atoms with Crippen LogP contribution in [0.3, 0.4) is 0 Å². The summed E-state index contributed by atoms with van der Waals surface area (Å²) >= 11 is 1.42. The average molecular weight is 250 g/mol. The molecule has 0 bridgehead atoms. The minimum atomic E-state index is -0.244. The van der Waals surface area contributed by atoms with E-state index in [-0.39, 0.29) is 11.6 Å². The van der Waals surface area contributed by atoms with Crippen LogP contribution in [0.1, 0.15) is 5.56 Å². The summed E-state index contributed by atoms with van der Waals surface area (Å²) in [6.07, 6.45) is 1.48. The van der Waals surface area contributed by atoms with Gasteiger partial charge < -0.3 is 11.5 Å². The highest BCUT2D eigenvalue weighted by Crippen LogP contribution is 2.21. The van der Waals surface area contributed by atoms with Crippen LogP contribution in [0.15, 0.2) is 35.6 Å². The third-order valence-electron chi connectivity index (χ3n) is 2.11. The topological polar surface area (TPSA) is 77.8 Å². The summed E-state index contributed by atoms with van der Waals surface area (Å²) in [5.74, 6) is 0.692. The molecule has 1 heterocycles. The molecular weight excluding hydrogens is 239 g/mol. The molecule has 0 amide bonds. The smallest absolute Gasteiger partial charge is 0.189 e. The number of nitrogens with zero attached hydrogens (tertiary/aromatic N) is 2. The van der Waals surface area contributed by atoms with Gasteiger partial charge in [-0.25, -0.2) is 14.4 Å². The van der Waals surface area contributed by atoms with Crippen LogP contribution in [0.25, 0.3) is 0 Å². The van der Waals surface area contributed by atoms with E-state index in [1.807, 2.05) is 0 Å². The molecule has 0 aliphatic heterocycles. The summed E-state index contributed by atoms with van der Waals surface area (Å²) in [5, 5.41) is 0.557. The van der Waals surface area contributed by atoms with Gasteiger partial charge in [-0.2, -0.15) is 0 Å². The Morgan fingerprint density at radius 3 is 2.53 bits per heavy atom. The number of thioether (sulfide) groups is 1. The van der Waals surface area contributed by atoms with Gasteiger partial charge in [0.15, 0.2) is 11.0 Å². The first-order valence-electron chi connectivity index (χ1n) is 4.90. The minimum Gasteiger partial charge on any atom is -0.394 e. The quantitative estimate of drug-likeness (QED) is 0.644. The van der Waals surface area contributed by atoms with Gasteiger partial charge in [0.05, 0.1) is 11.9 Å². The summed E-state index contributed by atoms with van der Waals surface area (Å²) in [4.78, 5) is 8.08. The van der Waals surface area contributed by atoms with Gasteiger partial charge in [-0.3, -0.25) is 0 Å². The lowest BCUT2D eigenvalue weighted by Gasteiger charge is -2.03. The van der Waals surface area contributed by atoms with Gasteiger partial charge in [0.1, 0.15) is 5.82 Å². The molecule has 4 N–H and O–H groups in total. The lowest BCUT2D eigenvalue weighted by molar-refractivity contribution is 0.627. The lowest BCUT2D eigenvalue weighted by Crippen LogP contribution is -2.00. The molecule has 4 nitrogen and oxygen atoms in total. The standard InChI is InChI=1S/C11H11FN4S/c12-8-3-1-7(2-4-8)6-17-11-15-5-9(13)10(14)16-11/h1-5H,6,13H2,(H2,14,15,16).